The molecule has 0 spiro atoms. The summed E-state index contributed by atoms with van der Waals surface area (Å²) in [5, 5.41) is 0. The molecule has 0 fully saturated rings. The smallest absolute Gasteiger partial charge is 0.0216 e. The third-order valence-corrected chi connectivity index (χ3v) is 2.50. The molecular weight excluding hydrogens is 156 g/mol. The molecule has 1 rings (SSSR count). The maximum Gasteiger partial charge on any atom is -0.0216 e. The van der Waals surface area contributed by atoms with E-state index in [1.54, 1.807) is 0 Å². The van der Waals surface area contributed by atoms with Crippen LogP contribution in [0.2, 0.25) is 0 Å². The van der Waals surface area contributed by atoms with Gasteiger partial charge in [-0.1, -0.05) is 33.4 Å². The SMILES string of the molecule is C.Cc1cc(C)c(C(C)C)cc1C. The van der Waals surface area contributed by atoms with Crippen molar-refractivity contribution in [2.75, 3.05) is 0 Å². The van der Waals surface area contributed by atoms with Gasteiger partial charge in [0, 0.05) is 0 Å². The predicted octanol–water partition coefficient (Wildman–Crippen LogP) is 4.37. The quantitative estimate of drug-likeness (QED) is 0.599. The van der Waals surface area contributed by atoms with E-state index in [1.807, 2.05) is 0 Å². The zero-order valence-electron chi connectivity index (χ0n) is 8.73. The third kappa shape index (κ3) is 2.58. The Morgan fingerprint density at radius 1 is 0.846 bits per heavy atom. The van der Waals surface area contributed by atoms with Crippen LogP contribution < -0.4 is 0 Å². The molecule has 0 saturated carbocycles. The number of hydrogen-bond acceptors (Lipinski definition) is 0. The molecule has 74 valence electrons. The molecule has 0 aliphatic carbocycles. The Morgan fingerprint density at radius 3 is 1.77 bits per heavy atom. The van der Waals surface area contributed by atoms with E-state index in [9.17, 15) is 0 Å². The molecular formula is C13H22. The summed E-state index contributed by atoms with van der Waals surface area (Å²) in [6, 6.07) is 4.60. The minimum atomic E-state index is 0. The van der Waals surface area contributed by atoms with Crippen LogP contribution in [0.4, 0.5) is 0 Å². The summed E-state index contributed by atoms with van der Waals surface area (Å²) >= 11 is 0. The fourth-order valence-electron chi connectivity index (χ4n) is 1.60. The van der Waals surface area contributed by atoms with Crippen LogP contribution in [0.5, 0.6) is 0 Å². The molecule has 0 nitrogen and oxygen atoms in total. The van der Waals surface area contributed by atoms with Gasteiger partial charge in [0.25, 0.3) is 0 Å². The van der Waals surface area contributed by atoms with Gasteiger partial charge in [0.1, 0.15) is 0 Å². The lowest BCUT2D eigenvalue weighted by atomic mass is 9.94. The molecule has 0 aliphatic heterocycles. The van der Waals surface area contributed by atoms with Gasteiger partial charge in [-0.25, -0.2) is 0 Å². The minimum absolute atomic E-state index is 0. The summed E-state index contributed by atoms with van der Waals surface area (Å²) in [6.45, 7) is 11.0. The van der Waals surface area contributed by atoms with Crippen LogP contribution >= 0.6 is 0 Å². The predicted molar refractivity (Wildman–Crippen MR) is 61.5 cm³/mol. The van der Waals surface area contributed by atoms with Crippen LogP contribution in [0.1, 0.15) is 49.4 Å². The van der Waals surface area contributed by atoms with Gasteiger partial charge in [-0.2, -0.15) is 0 Å². The van der Waals surface area contributed by atoms with E-state index in [1.165, 1.54) is 22.3 Å². The molecule has 0 unspecified atom stereocenters. The highest BCUT2D eigenvalue weighted by Crippen LogP contribution is 2.22. The number of aryl methyl sites for hydroxylation is 3. The van der Waals surface area contributed by atoms with Crippen molar-refractivity contribution in [3.63, 3.8) is 0 Å². The topological polar surface area (TPSA) is 0 Å². The van der Waals surface area contributed by atoms with Crippen LogP contribution in [0.3, 0.4) is 0 Å². The standard InChI is InChI=1S/C12H18.CH4/c1-8(2)12-7-10(4)9(3)6-11(12)5;/h6-8H,1-5H3;1H4. The van der Waals surface area contributed by atoms with Gasteiger partial charge >= 0.3 is 0 Å². The van der Waals surface area contributed by atoms with Crippen molar-refractivity contribution < 1.29 is 0 Å². The van der Waals surface area contributed by atoms with Crippen molar-refractivity contribution in [2.24, 2.45) is 0 Å². The van der Waals surface area contributed by atoms with E-state index >= 15 is 0 Å². The summed E-state index contributed by atoms with van der Waals surface area (Å²) in [6.07, 6.45) is 0. The Bertz CT molecular complexity index is 282. The van der Waals surface area contributed by atoms with E-state index in [2.05, 4.69) is 46.8 Å². The third-order valence-electron chi connectivity index (χ3n) is 2.50. The van der Waals surface area contributed by atoms with Gasteiger partial charge in [0.05, 0.1) is 0 Å². The van der Waals surface area contributed by atoms with Gasteiger partial charge < -0.3 is 0 Å². The summed E-state index contributed by atoms with van der Waals surface area (Å²) in [5.41, 5.74) is 5.72. The molecule has 0 radical (unpaired) electrons. The van der Waals surface area contributed by atoms with Crippen LogP contribution in [0.15, 0.2) is 12.1 Å². The monoisotopic (exact) mass is 178 g/mol. The van der Waals surface area contributed by atoms with Crippen molar-refractivity contribution in [1.29, 1.82) is 0 Å². The Hall–Kier alpha value is -0.780. The second-order valence-corrected chi connectivity index (χ2v) is 3.95. The van der Waals surface area contributed by atoms with Crippen molar-refractivity contribution in [3.8, 4) is 0 Å². The first kappa shape index (κ1) is 12.2. The highest BCUT2D eigenvalue weighted by atomic mass is 14.1. The second-order valence-electron chi connectivity index (χ2n) is 3.95. The number of benzene rings is 1. The van der Waals surface area contributed by atoms with Crippen molar-refractivity contribution in [1.82, 2.24) is 0 Å². The Morgan fingerprint density at radius 2 is 1.31 bits per heavy atom. The van der Waals surface area contributed by atoms with E-state index in [0.29, 0.717) is 5.92 Å². The second kappa shape index (κ2) is 4.45. The van der Waals surface area contributed by atoms with E-state index in [4.69, 9.17) is 0 Å². The molecule has 1 aromatic rings. The summed E-state index contributed by atoms with van der Waals surface area (Å²) in [4.78, 5) is 0. The summed E-state index contributed by atoms with van der Waals surface area (Å²) in [7, 11) is 0. The average Bonchev–Trinajstić information content (AvgIpc) is 1.96. The highest BCUT2D eigenvalue weighted by Gasteiger charge is 2.04. The summed E-state index contributed by atoms with van der Waals surface area (Å²) < 4.78 is 0. The van der Waals surface area contributed by atoms with E-state index in [0.717, 1.165) is 0 Å². The van der Waals surface area contributed by atoms with Gasteiger partial charge in [-0.3, -0.25) is 0 Å². The lowest BCUT2D eigenvalue weighted by molar-refractivity contribution is 0.853. The molecule has 0 aliphatic rings. The summed E-state index contributed by atoms with van der Waals surface area (Å²) in [5.74, 6) is 0.643. The molecule has 0 N–H and O–H groups in total. The van der Waals surface area contributed by atoms with Crippen molar-refractivity contribution in [2.45, 2.75) is 48.0 Å². The largest absolute Gasteiger partial charge is 0.0776 e. The molecule has 0 aromatic heterocycles. The van der Waals surface area contributed by atoms with Gasteiger partial charge in [-0.15, -0.1) is 0 Å². The molecule has 0 saturated heterocycles. The van der Waals surface area contributed by atoms with Crippen molar-refractivity contribution in [3.05, 3.63) is 34.4 Å². The lowest BCUT2D eigenvalue weighted by Crippen LogP contribution is -1.94. The molecule has 0 atom stereocenters. The lowest BCUT2D eigenvalue weighted by Gasteiger charge is -2.12. The van der Waals surface area contributed by atoms with E-state index < -0.39 is 0 Å². The van der Waals surface area contributed by atoms with Crippen LogP contribution in [0, 0.1) is 20.8 Å². The fourth-order valence-corrected chi connectivity index (χ4v) is 1.60. The Labute approximate surface area is 83.0 Å². The highest BCUT2D eigenvalue weighted by molar-refractivity contribution is 5.37. The fraction of sp³-hybridized carbons (Fsp3) is 0.538. The Kier molecular flexibility index (Phi) is 4.19. The maximum absolute atomic E-state index is 2.31. The maximum atomic E-state index is 2.31. The number of rotatable bonds is 1. The Balaban J connectivity index is 0.00000144. The first-order valence-electron chi connectivity index (χ1n) is 4.60. The number of hydrogen-bond donors (Lipinski definition) is 0. The first-order chi connectivity index (χ1) is 5.52. The average molecular weight is 178 g/mol. The molecule has 0 amide bonds. The first-order valence-corrected chi connectivity index (χ1v) is 4.60. The molecule has 1 aromatic carbocycles. The van der Waals surface area contributed by atoms with Gasteiger partial charge in [-0.05, 0) is 48.9 Å². The molecule has 0 heteroatoms. The van der Waals surface area contributed by atoms with Crippen LogP contribution in [-0.4, -0.2) is 0 Å². The molecule has 13 heavy (non-hydrogen) atoms. The zero-order valence-corrected chi connectivity index (χ0v) is 8.73. The van der Waals surface area contributed by atoms with E-state index in [-0.39, 0.29) is 7.43 Å². The van der Waals surface area contributed by atoms with Crippen LogP contribution in [-0.2, 0) is 0 Å². The molecule has 0 heterocycles. The van der Waals surface area contributed by atoms with Gasteiger partial charge in [0.15, 0.2) is 0 Å². The normalized spacial score (nSPS) is 10.0. The zero-order chi connectivity index (χ0) is 9.30. The van der Waals surface area contributed by atoms with Gasteiger partial charge in [0.2, 0.25) is 0 Å². The van der Waals surface area contributed by atoms with Crippen molar-refractivity contribution >= 4 is 0 Å². The van der Waals surface area contributed by atoms with Crippen LogP contribution in [0.25, 0.3) is 0 Å². The minimum Gasteiger partial charge on any atom is -0.0776 e. The molecule has 0 bridgehead atoms.